The number of amides is 1. The number of carbonyl (C=O) groups is 1. The number of hydrogen-bond donors (Lipinski definition) is 1. The lowest BCUT2D eigenvalue weighted by Gasteiger charge is -2.08. The average molecular weight is 360 g/mol. The van der Waals surface area contributed by atoms with Crippen molar-refractivity contribution >= 4 is 28.8 Å². The third-order valence-electron chi connectivity index (χ3n) is 4.05. The van der Waals surface area contributed by atoms with Gasteiger partial charge >= 0.3 is 0 Å². The summed E-state index contributed by atoms with van der Waals surface area (Å²) in [5, 5.41) is 15.8. The third-order valence-corrected chi connectivity index (χ3v) is 5.59. The molecule has 0 fully saturated rings. The zero-order valence-corrected chi connectivity index (χ0v) is 14.3. The molecule has 6 nitrogen and oxygen atoms in total. The van der Waals surface area contributed by atoms with Crippen molar-refractivity contribution in [3.63, 3.8) is 0 Å². The zero-order chi connectivity index (χ0) is 16.5. The van der Waals surface area contributed by atoms with Gasteiger partial charge in [-0.25, -0.2) is 0 Å². The Balaban J connectivity index is 1.61. The normalized spacial score (nSPS) is 13.0. The molecule has 0 unspecified atom stereocenters. The summed E-state index contributed by atoms with van der Waals surface area (Å²) in [4.78, 5) is 14.1. The number of nitrogens with one attached hydrogen (secondary N) is 1. The number of aromatic nitrogens is 4. The molecule has 0 atom stereocenters. The molecule has 1 N–H and O–H groups in total. The smallest absolute Gasteiger partial charge is 0.254 e. The maximum absolute atomic E-state index is 12.8. The Hall–Kier alpha value is -2.25. The van der Waals surface area contributed by atoms with Gasteiger partial charge in [-0.2, -0.15) is 4.68 Å². The highest BCUT2D eigenvalue weighted by Gasteiger charge is 2.27. The van der Waals surface area contributed by atoms with Crippen molar-refractivity contribution < 1.29 is 4.79 Å². The highest BCUT2D eigenvalue weighted by atomic mass is 35.5. The number of nitrogens with zero attached hydrogens (tertiary/aromatic N) is 4. The number of tetrazole rings is 1. The summed E-state index contributed by atoms with van der Waals surface area (Å²) in [5.74, 6) is -0.0881. The van der Waals surface area contributed by atoms with Crippen LogP contribution in [0.3, 0.4) is 0 Å². The van der Waals surface area contributed by atoms with Crippen LogP contribution in [0.4, 0.5) is 0 Å². The minimum Gasteiger partial charge on any atom is -0.348 e. The molecule has 0 bridgehead atoms. The van der Waals surface area contributed by atoms with E-state index in [4.69, 9.17) is 11.6 Å². The Labute approximate surface area is 147 Å². The van der Waals surface area contributed by atoms with Gasteiger partial charge in [0, 0.05) is 16.4 Å². The number of halogens is 1. The summed E-state index contributed by atoms with van der Waals surface area (Å²) in [5.41, 5.74) is 2.84. The van der Waals surface area contributed by atoms with Gasteiger partial charge in [0.05, 0.1) is 5.56 Å². The topological polar surface area (TPSA) is 72.7 Å². The van der Waals surface area contributed by atoms with E-state index in [1.807, 2.05) is 24.3 Å². The fourth-order valence-corrected chi connectivity index (χ4v) is 4.34. The number of hydrogen-bond acceptors (Lipinski definition) is 5. The van der Waals surface area contributed by atoms with Crippen molar-refractivity contribution in [1.82, 2.24) is 25.5 Å². The maximum atomic E-state index is 12.8. The van der Waals surface area contributed by atoms with E-state index >= 15 is 0 Å². The van der Waals surface area contributed by atoms with E-state index in [9.17, 15) is 4.79 Å². The van der Waals surface area contributed by atoms with Crippen LogP contribution in [-0.4, -0.2) is 26.1 Å². The Kier molecular flexibility index (Phi) is 4.03. The molecule has 0 aliphatic heterocycles. The first kappa shape index (κ1) is 15.3. The summed E-state index contributed by atoms with van der Waals surface area (Å²) >= 11 is 7.49. The molecule has 122 valence electrons. The minimum absolute atomic E-state index is 0.0881. The van der Waals surface area contributed by atoms with Crippen molar-refractivity contribution in [1.29, 1.82) is 0 Å². The summed E-state index contributed by atoms with van der Waals surface area (Å²) in [6, 6.07) is 7.45. The van der Waals surface area contributed by atoms with Gasteiger partial charge in [0.2, 0.25) is 0 Å². The molecule has 1 aliphatic rings. The van der Waals surface area contributed by atoms with Crippen LogP contribution in [0.1, 0.15) is 32.8 Å². The van der Waals surface area contributed by atoms with Gasteiger partial charge in [-0.15, -0.1) is 16.4 Å². The van der Waals surface area contributed by atoms with Crippen molar-refractivity contribution in [3.05, 3.63) is 57.2 Å². The van der Waals surface area contributed by atoms with Gasteiger partial charge in [0.25, 0.3) is 5.91 Å². The fourth-order valence-electron chi connectivity index (χ4n) is 2.91. The second kappa shape index (κ2) is 6.33. The highest BCUT2D eigenvalue weighted by Crippen LogP contribution is 2.37. The number of benzene rings is 1. The maximum Gasteiger partial charge on any atom is 0.254 e. The molecule has 0 radical (unpaired) electrons. The summed E-state index contributed by atoms with van der Waals surface area (Å²) in [7, 11) is 0. The van der Waals surface area contributed by atoms with Gasteiger partial charge < -0.3 is 5.32 Å². The molecule has 4 rings (SSSR count). The minimum atomic E-state index is -0.0881. The predicted molar refractivity (Wildman–Crippen MR) is 91.7 cm³/mol. The van der Waals surface area contributed by atoms with E-state index in [0.29, 0.717) is 17.1 Å². The number of carbonyl (C=O) groups excluding carboxylic acids is 1. The first-order chi connectivity index (χ1) is 11.7. The van der Waals surface area contributed by atoms with Crippen molar-refractivity contribution in [2.24, 2.45) is 0 Å². The molecular weight excluding hydrogens is 346 g/mol. The van der Waals surface area contributed by atoms with E-state index < -0.39 is 0 Å². The Morgan fingerprint density at radius 3 is 2.88 bits per heavy atom. The SMILES string of the molecule is O=C(NCc1ccc(Cl)cc1)c1c(-n2cnnn2)sc2c1CCC2. The molecule has 2 aromatic heterocycles. The zero-order valence-electron chi connectivity index (χ0n) is 12.7. The summed E-state index contributed by atoms with van der Waals surface area (Å²) in [6.07, 6.45) is 4.56. The molecule has 8 heteroatoms. The number of aryl methyl sites for hydroxylation is 1. The molecule has 0 saturated heterocycles. The van der Waals surface area contributed by atoms with Gasteiger partial charge in [0.1, 0.15) is 11.3 Å². The van der Waals surface area contributed by atoms with Gasteiger partial charge in [-0.1, -0.05) is 23.7 Å². The first-order valence-electron chi connectivity index (χ1n) is 7.63. The molecule has 2 heterocycles. The highest BCUT2D eigenvalue weighted by molar-refractivity contribution is 7.15. The number of thiophene rings is 1. The van der Waals surface area contributed by atoms with Crippen LogP contribution < -0.4 is 5.32 Å². The lowest BCUT2D eigenvalue weighted by Crippen LogP contribution is -2.24. The fraction of sp³-hybridized carbons (Fsp3) is 0.250. The van der Waals surface area contributed by atoms with Crippen LogP contribution in [0.2, 0.25) is 5.02 Å². The second-order valence-electron chi connectivity index (χ2n) is 5.60. The van der Waals surface area contributed by atoms with Gasteiger partial charge in [-0.3, -0.25) is 4.79 Å². The molecular formula is C16H14ClN5OS. The van der Waals surface area contributed by atoms with E-state index in [0.717, 1.165) is 35.4 Å². The van der Waals surface area contributed by atoms with E-state index in [1.165, 1.54) is 11.2 Å². The summed E-state index contributed by atoms with van der Waals surface area (Å²) < 4.78 is 1.57. The summed E-state index contributed by atoms with van der Waals surface area (Å²) in [6.45, 7) is 0.454. The second-order valence-corrected chi connectivity index (χ2v) is 7.12. The molecule has 1 aromatic carbocycles. The Morgan fingerprint density at radius 1 is 1.29 bits per heavy atom. The quantitative estimate of drug-likeness (QED) is 0.777. The predicted octanol–water partition coefficient (Wildman–Crippen LogP) is 2.80. The van der Waals surface area contributed by atoms with Crippen molar-refractivity contribution in [2.45, 2.75) is 25.8 Å². The number of rotatable bonds is 4. The number of fused-ring (bicyclic) bond motifs is 1. The molecule has 1 aliphatic carbocycles. The first-order valence-corrected chi connectivity index (χ1v) is 8.82. The monoisotopic (exact) mass is 359 g/mol. The van der Waals surface area contributed by atoms with Crippen LogP contribution in [0.15, 0.2) is 30.6 Å². The Morgan fingerprint density at radius 2 is 2.12 bits per heavy atom. The van der Waals surface area contributed by atoms with E-state index in [-0.39, 0.29) is 5.91 Å². The molecule has 1 amide bonds. The van der Waals surface area contributed by atoms with E-state index in [2.05, 4.69) is 20.8 Å². The molecule has 24 heavy (non-hydrogen) atoms. The third kappa shape index (κ3) is 2.81. The lowest BCUT2D eigenvalue weighted by molar-refractivity contribution is 0.0950. The standard InChI is InChI=1S/C16H14ClN5OS/c17-11-6-4-10(5-7-11)8-18-15(23)14-12-2-1-3-13(12)24-16(14)22-9-19-20-21-22/h4-7,9H,1-3,8H2,(H,18,23). The van der Waals surface area contributed by atoms with Crippen LogP contribution in [0.5, 0.6) is 0 Å². The van der Waals surface area contributed by atoms with Crippen LogP contribution in [0, 0.1) is 0 Å². The van der Waals surface area contributed by atoms with Crippen LogP contribution >= 0.6 is 22.9 Å². The van der Waals surface area contributed by atoms with Crippen LogP contribution in [-0.2, 0) is 19.4 Å². The molecule has 3 aromatic rings. The van der Waals surface area contributed by atoms with E-state index in [1.54, 1.807) is 16.0 Å². The largest absolute Gasteiger partial charge is 0.348 e. The Bertz CT molecular complexity index is 873. The molecule has 0 saturated carbocycles. The van der Waals surface area contributed by atoms with Crippen molar-refractivity contribution in [3.8, 4) is 5.00 Å². The molecule has 0 spiro atoms. The van der Waals surface area contributed by atoms with Crippen LogP contribution in [0.25, 0.3) is 5.00 Å². The van der Waals surface area contributed by atoms with Crippen molar-refractivity contribution in [2.75, 3.05) is 0 Å². The lowest BCUT2D eigenvalue weighted by atomic mass is 10.1. The van der Waals surface area contributed by atoms with Gasteiger partial charge in [-0.05, 0) is 52.9 Å². The average Bonchev–Trinajstić information content (AvgIpc) is 3.29. The van der Waals surface area contributed by atoms with Gasteiger partial charge in [0.15, 0.2) is 0 Å².